The molecule has 0 fully saturated rings. The highest BCUT2D eigenvalue weighted by Crippen LogP contribution is 2.32. The van der Waals surface area contributed by atoms with E-state index in [0.717, 1.165) is 25.1 Å². The first-order chi connectivity index (χ1) is 8.56. The summed E-state index contributed by atoms with van der Waals surface area (Å²) < 4.78 is 41.0. The monoisotopic (exact) mass is 257 g/mol. The number of alkyl halides is 3. The highest BCUT2D eigenvalue weighted by molar-refractivity contribution is 5.70. The van der Waals surface area contributed by atoms with Gasteiger partial charge in [0.15, 0.2) is 0 Å². The first kappa shape index (κ1) is 13.0. The minimum atomic E-state index is -4.65. The molecule has 0 radical (unpaired) electrons. The van der Waals surface area contributed by atoms with Crippen LogP contribution in [0.25, 0.3) is 5.57 Å². The van der Waals surface area contributed by atoms with Crippen molar-refractivity contribution in [1.82, 2.24) is 5.32 Å². The number of halogens is 3. The average Bonchev–Trinajstić information content (AvgIpc) is 2.56. The number of para-hydroxylation sites is 1. The van der Waals surface area contributed by atoms with Gasteiger partial charge in [0, 0.05) is 5.56 Å². The molecule has 1 N–H and O–H groups in total. The van der Waals surface area contributed by atoms with Gasteiger partial charge in [0.2, 0.25) is 0 Å². The van der Waals surface area contributed by atoms with Crippen molar-refractivity contribution in [3.8, 4) is 5.75 Å². The second-order valence-corrected chi connectivity index (χ2v) is 4.06. The molecule has 0 unspecified atom stereocenters. The Morgan fingerprint density at radius 3 is 2.67 bits per heavy atom. The quantitative estimate of drug-likeness (QED) is 0.877. The van der Waals surface area contributed by atoms with Crippen molar-refractivity contribution in [3.05, 3.63) is 35.9 Å². The minimum Gasteiger partial charge on any atom is -0.405 e. The van der Waals surface area contributed by atoms with Crippen LogP contribution >= 0.6 is 0 Å². The Kier molecular flexibility index (Phi) is 3.91. The molecular weight excluding hydrogens is 243 g/mol. The summed E-state index contributed by atoms with van der Waals surface area (Å²) in [5.74, 6) is -0.127. The summed E-state index contributed by atoms with van der Waals surface area (Å²) in [6.07, 6.45) is -1.16. The van der Waals surface area contributed by atoms with Crippen LogP contribution in [-0.2, 0) is 0 Å². The second kappa shape index (κ2) is 5.44. The first-order valence-electron chi connectivity index (χ1n) is 5.81. The van der Waals surface area contributed by atoms with E-state index in [2.05, 4.69) is 10.1 Å². The van der Waals surface area contributed by atoms with Crippen LogP contribution in [0, 0.1) is 0 Å². The summed E-state index contributed by atoms with van der Waals surface area (Å²) >= 11 is 0. The van der Waals surface area contributed by atoms with Crippen molar-refractivity contribution in [2.45, 2.75) is 19.2 Å². The molecule has 0 saturated carbocycles. The largest absolute Gasteiger partial charge is 0.573 e. The Hall–Kier alpha value is -1.49. The number of hydrogen-bond acceptors (Lipinski definition) is 2. The van der Waals surface area contributed by atoms with Crippen LogP contribution in [0.4, 0.5) is 13.2 Å². The van der Waals surface area contributed by atoms with Gasteiger partial charge >= 0.3 is 6.36 Å². The fraction of sp³-hybridized carbons (Fsp3) is 0.385. The molecule has 0 amide bonds. The SMILES string of the molecule is FC(F)(F)Oc1ccccc1C1=CCCNCC1. The normalized spacial score (nSPS) is 16.9. The highest BCUT2D eigenvalue weighted by atomic mass is 19.4. The number of hydrogen-bond donors (Lipinski definition) is 1. The van der Waals surface area contributed by atoms with E-state index in [-0.39, 0.29) is 5.75 Å². The lowest BCUT2D eigenvalue weighted by molar-refractivity contribution is -0.274. The molecule has 0 spiro atoms. The van der Waals surface area contributed by atoms with Crippen molar-refractivity contribution in [2.75, 3.05) is 13.1 Å². The van der Waals surface area contributed by atoms with E-state index in [4.69, 9.17) is 0 Å². The van der Waals surface area contributed by atoms with Crippen LogP contribution in [0.3, 0.4) is 0 Å². The van der Waals surface area contributed by atoms with Gasteiger partial charge in [0.05, 0.1) is 0 Å². The smallest absolute Gasteiger partial charge is 0.405 e. The van der Waals surface area contributed by atoms with Gasteiger partial charge in [-0.25, -0.2) is 0 Å². The van der Waals surface area contributed by atoms with Gasteiger partial charge in [-0.15, -0.1) is 13.2 Å². The standard InChI is InChI=1S/C13H14F3NO/c14-13(15,16)18-12-6-2-1-5-11(12)10-4-3-8-17-9-7-10/h1-2,4-6,17H,3,7-9H2. The van der Waals surface area contributed by atoms with E-state index in [9.17, 15) is 13.2 Å². The summed E-state index contributed by atoms with van der Waals surface area (Å²) in [6, 6.07) is 6.28. The van der Waals surface area contributed by atoms with Crippen LogP contribution in [0.5, 0.6) is 5.75 Å². The van der Waals surface area contributed by atoms with Crippen molar-refractivity contribution in [3.63, 3.8) is 0 Å². The van der Waals surface area contributed by atoms with E-state index >= 15 is 0 Å². The molecule has 0 saturated heterocycles. The van der Waals surface area contributed by atoms with Crippen LogP contribution in [-0.4, -0.2) is 19.5 Å². The molecule has 1 aromatic carbocycles. The van der Waals surface area contributed by atoms with Gasteiger partial charge in [0.25, 0.3) is 0 Å². The first-order valence-corrected chi connectivity index (χ1v) is 5.81. The molecule has 1 aromatic rings. The zero-order valence-corrected chi connectivity index (χ0v) is 9.76. The summed E-state index contributed by atoms with van der Waals surface area (Å²) in [5, 5.41) is 3.20. The Balaban J connectivity index is 2.29. The lowest BCUT2D eigenvalue weighted by Gasteiger charge is -2.14. The molecule has 0 bridgehead atoms. The molecule has 98 valence electrons. The zero-order chi connectivity index (χ0) is 13.0. The van der Waals surface area contributed by atoms with Gasteiger partial charge in [-0.2, -0.15) is 0 Å². The molecule has 2 nitrogen and oxygen atoms in total. The maximum absolute atomic E-state index is 12.3. The Morgan fingerprint density at radius 1 is 1.11 bits per heavy atom. The molecule has 0 atom stereocenters. The van der Waals surface area contributed by atoms with Crippen LogP contribution < -0.4 is 10.1 Å². The van der Waals surface area contributed by atoms with E-state index < -0.39 is 6.36 Å². The van der Waals surface area contributed by atoms with Crippen LogP contribution in [0.15, 0.2) is 30.3 Å². The van der Waals surface area contributed by atoms with Gasteiger partial charge in [-0.1, -0.05) is 24.3 Å². The molecule has 18 heavy (non-hydrogen) atoms. The van der Waals surface area contributed by atoms with Crippen molar-refractivity contribution < 1.29 is 17.9 Å². The average molecular weight is 257 g/mol. The summed E-state index contributed by atoms with van der Waals surface area (Å²) in [4.78, 5) is 0. The lowest BCUT2D eigenvalue weighted by Crippen LogP contribution is -2.18. The maximum atomic E-state index is 12.3. The zero-order valence-electron chi connectivity index (χ0n) is 9.76. The predicted octanol–water partition coefficient (Wildman–Crippen LogP) is 3.35. The van der Waals surface area contributed by atoms with Gasteiger partial charge in [-0.3, -0.25) is 0 Å². The number of benzene rings is 1. The van der Waals surface area contributed by atoms with E-state index in [0.29, 0.717) is 12.0 Å². The molecule has 1 aliphatic heterocycles. The summed E-state index contributed by atoms with van der Waals surface area (Å²) in [7, 11) is 0. The minimum absolute atomic E-state index is 0.127. The maximum Gasteiger partial charge on any atom is 0.573 e. The molecule has 0 aromatic heterocycles. The van der Waals surface area contributed by atoms with E-state index in [1.165, 1.54) is 6.07 Å². The van der Waals surface area contributed by atoms with Gasteiger partial charge < -0.3 is 10.1 Å². The van der Waals surface area contributed by atoms with E-state index in [1.807, 2.05) is 6.08 Å². The third kappa shape index (κ3) is 3.50. The van der Waals surface area contributed by atoms with E-state index in [1.54, 1.807) is 18.2 Å². The second-order valence-electron chi connectivity index (χ2n) is 4.06. The van der Waals surface area contributed by atoms with Crippen molar-refractivity contribution in [2.24, 2.45) is 0 Å². The van der Waals surface area contributed by atoms with Gasteiger partial charge in [0.1, 0.15) is 5.75 Å². The summed E-state index contributed by atoms with van der Waals surface area (Å²) in [5.41, 5.74) is 1.43. The molecule has 1 aliphatic rings. The third-order valence-corrected chi connectivity index (χ3v) is 2.74. The topological polar surface area (TPSA) is 21.3 Å². The van der Waals surface area contributed by atoms with Crippen LogP contribution in [0.1, 0.15) is 18.4 Å². The Labute approximate surface area is 103 Å². The van der Waals surface area contributed by atoms with Crippen LogP contribution in [0.2, 0.25) is 0 Å². The predicted molar refractivity (Wildman–Crippen MR) is 63.2 cm³/mol. The molecular formula is C13H14F3NO. The Bertz CT molecular complexity index is 440. The number of rotatable bonds is 2. The van der Waals surface area contributed by atoms with Crippen molar-refractivity contribution in [1.29, 1.82) is 0 Å². The molecule has 2 rings (SSSR count). The third-order valence-electron chi connectivity index (χ3n) is 2.74. The van der Waals surface area contributed by atoms with Crippen molar-refractivity contribution >= 4 is 5.57 Å². The fourth-order valence-corrected chi connectivity index (χ4v) is 1.99. The lowest BCUT2D eigenvalue weighted by atomic mass is 10.0. The highest BCUT2D eigenvalue weighted by Gasteiger charge is 2.32. The summed E-state index contributed by atoms with van der Waals surface area (Å²) in [6.45, 7) is 1.62. The van der Waals surface area contributed by atoms with Gasteiger partial charge in [-0.05, 0) is 37.6 Å². The Morgan fingerprint density at radius 2 is 1.89 bits per heavy atom. The molecule has 5 heteroatoms. The molecule has 0 aliphatic carbocycles. The number of nitrogens with one attached hydrogen (secondary N) is 1. The fourth-order valence-electron chi connectivity index (χ4n) is 1.99. The number of ether oxygens (including phenoxy) is 1. The molecule has 1 heterocycles.